The van der Waals surface area contributed by atoms with Crippen molar-refractivity contribution >= 4 is 17.9 Å². The van der Waals surface area contributed by atoms with Crippen molar-refractivity contribution in [3.8, 4) is 11.5 Å². The van der Waals surface area contributed by atoms with E-state index < -0.39 is 4.92 Å². The summed E-state index contributed by atoms with van der Waals surface area (Å²) in [5, 5.41) is 17.9. The molecular formula is C10H13N5O4. The highest BCUT2D eigenvalue weighted by atomic mass is 16.6. The third kappa shape index (κ3) is 3.56. The van der Waals surface area contributed by atoms with Crippen LogP contribution in [0, 0.1) is 10.1 Å². The van der Waals surface area contributed by atoms with Gasteiger partial charge in [0.15, 0.2) is 5.75 Å². The molecule has 0 aliphatic carbocycles. The van der Waals surface area contributed by atoms with E-state index in [1.54, 1.807) is 0 Å². The lowest BCUT2D eigenvalue weighted by Crippen LogP contribution is -2.21. The molecule has 0 aliphatic heterocycles. The largest absolute Gasteiger partial charge is 0.493 e. The van der Waals surface area contributed by atoms with Crippen LogP contribution in [0.3, 0.4) is 0 Å². The summed E-state index contributed by atoms with van der Waals surface area (Å²) in [6, 6.07) is 2.78. The highest BCUT2D eigenvalue weighted by Crippen LogP contribution is 2.37. The number of methoxy groups -OCH3 is 2. The summed E-state index contributed by atoms with van der Waals surface area (Å²) in [5.41, 5.74) is 10.3. The molecule has 0 atom stereocenters. The molecule has 19 heavy (non-hydrogen) atoms. The van der Waals surface area contributed by atoms with Gasteiger partial charge in [0, 0.05) is 11.6 Å². The predicted octanol–water partition coefficient (Wildman–Crippen LogP) is 0.219. The molecule has 1 rings (SSSR count). The van der Waals surface area contributed by atoms with Crippen molar-refractivity contribution in [2.45, 2.75) is 0 Å². The van der Waals surface area contributed by atoms with Crippen molar-refractivity contribution in [2.75, 3.05) is 14.2 Å². The molecule has 0 saturated heterocycles. The molecule has 0 heterocycles. The minimum absolute atomic E-state index is 0.0338. The molecule has 0 fully saturated rings. The van der Waals surface area contributed by atoms with Crippen molar-refractivity contribution in [3.63, 3.8) is 0 Å². The van der Waals surface area contributed by atoms with E-state index in [-0.39, 0.29) is 23.1 Å². The molecule has 1 aromatic carbocycles. The summed E-state index contributed by atoms with van der Waals surface area (Å²) >= 11 is 0. The van der Waals surface area contributed by atoms with E-state index in [4.69, 9.17) is 20.9 Å². The number of guanidine groups is 1. The summed E-state index contributed by atoms with van der Waals surface area (Å²) in [6.07, 6.45) is 1.26. The van der Waals surface area contributed by atoms with Crippen molar-refractivity contribution in [1.29, 1.82) is 0 Å². The molecule has 0 saturated carbocycles. The molecule has 4 N–H and O–H groups in total. The zero-order chi connectivity index (χ0) is 14.4. The Morgan fingerprint density at radius 1 is 1.37 bits per heavy atom. The highest BCUT2D eigenvalue weighted by Gasteiger charge is 2.20. The molecule has 0 unspecified atom stereocenters. The predicted molar refractivity (Wildman–Crippen MR) is 69.6 cm³/mol. The maximum Gasteiger partial charge on any atom is 0.315 e. The topological polar surface area (TPSA) is 138 Å². The molecule has 0 aromatic heterocycles. The second-order valence-electron chi connectivity index (χ2n) is 3.30. The van der Waals surface area contributed by atoms with Crippen LogP contribution < -0.4 is 20.9 Å². The Hall–Kier alpha value is -2.84. The molecule has 0 aliphatic rings. The third-order valence-corrected chi connectivity index (χ3v) is 2.06. The Kier molecular flexibility index (Phi) is 4.63. The zero-order valence-electron chi connectivity index (χ0n) is 10.4. The third-order valence-electron chi connectivity index (χ3n) is 2.06. The summed E-state index contributed by atoms with van der Waals surface area (Å²) in [7, 11) is 2.69. The van der Waals surface area contributed by atoms with E-state index in [2.05, 4.69) is 10.2 Å². The number of nitrogens with two attached hydrogens (primary N) is 2. The average Bonchev–Trinajstić information content (AvgIpc) is 2.36. The van der Waals surface area contributed by atoms with Crippen LogP contribution in [0.5, 0.6) is 11.5 Å². The fraction of sp³-hybridized carbons (Fsp3) is 0.200. The SMILES string of the molecule is COc1cc(C=NN=C(N)N)cc([N+](=O)[O-])c1OC. The lowest BCUT2D eigenvalue weighted by molar-refractivity contribution is -0.385. The molecule has 1 aromatic rings. The number of hydrogen-bond donors (Lipinski definition) is 2. The van der Waals surface area contributed by atoms with Crippen molar-refractivity contribution in [2.24, 2.45) is 21.7 Å². The van der Waals surface area contributed by atoms with E-state index >= 15 is 0 Å². The van der Waals surface area contributed by atoms with Crippen LogP contribution >= 0.6 is 0 Å². The molecule has 0 spiro atoms. The minimum atomic E-state index is -0.584. The van der Waals surface area contributed by atoms with Crippen LogP contribution in [0.1, 0.15) is 5.56 Å². The van der Waals surface area contributed by atoms with Gasteiger partial charge in [-0.15, -0.1) is 5.10 Å². The van der Waals surface area contributed by atoms with Crippen LogP contribution in [-0.4, -0.2) is 31.3 Å². The summed E-state index contributed by atoms with van der Waals surface area (Å²) in [4.78, 5) is 10.4. The average molecular weight is 267 g/mol. The Morgan fingerprint density at radius 3 is 2.53 bits per heavy atom. The van der Waals surface area contributed by atoms with Gasteiger partial charge in [-0.3, -0.25) is 10.1 Å². The van der Waals surface area contributed by atoms with E-state index in [0.29, 0.717) is 5.56 Å². The number of nitro benzene ring substituents is 1. The fourth-order valence-corrected chi connectivity index (χ4v) is 1.34. The number of nitrogens with zero attached hydrogens (tertiary/aromatic N) is 3. The van der Waals surface area contributed by atoms with Crippen LogP contribution in [0.15, 0.2) is 22.3 Å². The fourth-order valence-electron chi connectivity index (χ4n) is 1.34. The molecule has 0 bridgehead atoms. The Bertz CT molecular complexity index is 537. The van der Waals surface area contributed by atoms with E-state index in [9.17, 15) is 10.1 Å². The van der Waals surface area contributed by atoms with Gasteiger partial charge >= 0.3 is 5.69 Å². The van der Waals surface area contributed by atoms with Gasteiger partial charge in [0.05, 0.1) is 25.4 Å². The molecule has 0 amide bonds. The molecule has 102 valence electrons. The van der Waals surface area contributed by atoms with E-state index in [1.165, 1.54) is 32.6 Å². The first-order chi connectivity index (χ1) is 8.99. The van der Waals surface area contributed by atoms with Gasteiger partial charge < -0.3 is 20.9 Å². The maximum atomic E-state index is 10.9. The number of hydrogen-bond acceptors (Lipinski definition) is 6. The first-order valence-electron chi connectivity index (χ1n) is 5.02. The maximum absolute atomic E-state index is 10.9. The number of benzene rings is 1. The van der Waals surface area contributed by atoms with Gasteiger partial charge in [0.1, 0.15) is 0 Å². The van der Waals surface area contributed by atoms with Gasteiger partial charge in [0.25, 0.3) is 0 Å². The monoisotopic (exact) mass is 267 g/mol. The Balaban J connectivity index is 3.29. The summed E-state index contributed by atoms with van der Waals surface area (Å²) < 4.78 is 9.97. The number of nitro groups is 1. The second kappa shape index (κ2) is 6.19. The van der Waals surface area contributed by atoms with Gasteiger partial charge in [-0.1, -0.05) is 0 Å². The van der Waals surface area contributed by atoms with E-state index in [1.807, 2.05) is 0 Å². The first-order valence-corrected chi connectivity index (χ1v) is 5.02. The molecule has 9 nitrogen and oxygen atoms in total. The van der Waals surface area contributed by atoms with Crippen LogP contribution in [0.4, 0.5) is 5.69 Å². The lowest BCUT2D eigenvalue weighted by Gasteiger charge is -2.08. The van der Waals surface area contributed by atoms with Gasteiger partial charge in [-0.25, -0.2) is 0 Å². The van der Waals surface area contributed by atoms with Crippen molar-refractivity contribution in [1.82, 2.24) is 0 Å². The highest BCUT2D eigenvalue weighted by molar-refractivity contribution is 5.84. The number of ether oxygens (including phenoxy) is 2. The molecule has 9 heteroatoms. The van der Waals surface area contributed by atoms with Crippen LogP contribution in [-0.2, 0) is 0 Å². The Labute approximate surface area is 108 Å². The minimum Gasteiger partial charge on any atom is -0.493 e. The van der Waals surface area contributed by atoms with Gasteiger partial charge in [-0.05, 0) is 6.07 Å². The normalized spacial score (nSPS) is 10.2. The zero-order valence-corrected chi connectivity index (χ0v) is 10.4. The summed E-state index contributed by atoms with van der Waals surface area (Å²) in [6.45, 7) is 0. The summed E-state index contributed by atoms with van der Waals surface area (Å²) in [5.74, 6) is 0.0283. The Morgan fingerprint density at radius 2 is 2.05 bits per heavy atom. The van der Waals surface area contributed by atoms with Crippen molar-refractivity contribution in [3.05, 3.63) is 27.8 Å². The van der Waals surface area contributed by atoms with Crippen LogP contribution in [0.25, 0.3) is 0 Å². The van der Waals surface area contributed by atoms with Gasteiger partial charge in [0.2, 0.25) is 11.7 Å². The quantitative estimate of drug-likeness (QED) is 0.338. The number of rotatable bonds is 5. The smallest absolute Gasteiger partial charge is 0.315 e. The van der Waals surface area contributed by atoms with Crippen LogP contribution in [0.2, 0.25) is 0 Å². The second-order valence-corrected chi connectivity index (χ2v) is 3.30. The standard InChI is InChI=1S/C10H13N5O4/c1-18-8-4-6(5-13-14-10(11)12)3-7(15(16)17)9(8)19-2/h3-5H,1-2H3,(H4,11,12,14). The molecular weight excluding hydrogens is 254 g/mol. The lowest BCUT2D eigenvalue weighted by atomic mass is 10.2. The first kappa shape index (κ1) is 14.2. The molecule has 0 radical (unpaired) electrons. The van der Waals surface area contributed by atoms with Crippen molar-refractivity contribution < 1.29 is 14.4 Å². The van der Waals surface area contributed by atoms with Gasteiger partial charge in [-0.2, -0.15) is 5.10 Å². The van der Waals surface area contributed by atoms with E-state index in [0.717, 1.165) is 0 Å².